The van der Waals surface area contributed by atoms with Gasteiger partial charge in [-0.1, -0.05) is 18.6 Å². The molecule has 0 N–H and O–H groups in total. The fraction of sp³-hybridized carbons (Fsp3) is 0.737. The van der Waals surface area contributed by atoms with E-state index in [-0.39, 0.29) is 11.6 Å². The quantitative estimate of drug-likeness (QED) is 0.452. The number of hydrogen-bond donors (Lipinski definition) is 0. The van der Waals surface area contributed by atoms with Crippen LogP contribution in [0.2, 0.25) is 0 Å². The molecule has 1 rings (SSSR count). The van der Waals surface area contributed by atoms with Gasteiger partial charge in [0.05, 0.1) is 12.2 Å². The molecular weight excluding hydrogens is 276 g/mol. The van der Waals surface area contributed by atoms with Crippen molar-refractivity contribution >= 4 is 5.97 Å². The summed E-state index contributed by atoms with van der Waals surface area (Å²) in [6.07, 6.45) is 9.22. The average molecular weight is 308 g/mol. The minimum absolute atomic E-state index is 0.0258. The molecule has 1 unspecified atom stereocenters. The molecule has 3 nitrogen and oxygen atoms in total. The highest BCUT2D eigenvalue weighted by atomic mass is 16.5. The van der Waals surface area contributed by atoms with E-state index in [9.17, 15) is 4.79 Å². The third-order valence-electron chi connectivity index (χ3n) is 4.10. The number of carbonyl (C=O) groups excluding carboxylic acids is 1. The maximum Gasteiger partial charge on any atom is 0.331 e. The summed E-state index contributed by atoms with van der Waals surface area (Å²) in [6, 6.07) is 0. The Morgan fingerprint density at radius 3 is 2.68 bits per heavy atom. The Labute approximate surface area is 135 Å². The van der Waals surface area contributed by atoms with Crippen LogP contribution in [0.5, 0.6) is 0 Å². The van der Waals surface area contributed by atoms with Gasteiger partial charge in [0.25, 0.3) is 0 Å². The number of hydrogen-bond acceptors (Lipinski definition) is 3. The summed E-state index contributed by atoms with van der Waals surface area (Å²) in [6.45, 7) is 11.7. The summed E-state index contributed by atoms with van der Waals surface area (Å²) in [5.41, 5.74) is 2.54. The molecule has 0 spiro atoms. The van der Waals surface area contributed by atoms with E-state index in [0.717, 1.165) is 37.9 Å². The standard InChI is InChI=1S/C19H32O3/c1-6-21-18(20)14-17-9-8-16(13-17)12-15(3)10-11-19(4,5)22-7-2/h13-15H,6-12H2,1-5H3/b17-14+. The second-order valence-electron chi connectivity index (χ2n) is 6.81. The number of allylic oxidation sites excluding steroid dienone is 3. The van der Waals surface area contributed by atoms with Crippen LogP contribution in [-0.2, 0) is 14.3 Å². The lowest BCUT2D eigenvalue weighted by molar-refractivity contribution is -0.137. The van der Waals surface area contributed by atoms with Gasteiger partial charge >= 0.3 is 5.97 Å². The predicted octanol–water partition coefficient (Wildman–Crippen LogP) is 4.82. The van der Waals surface area contributed by atoms with E-state index in [1.54, 1.807) is 6.08 Å². The fourth-order valence-corrected chi connectivity index (χ4v) is 2.93. The molecule has 0 aromatic carbocycles. The van der Waals surface area contributed by atoms with Gasteiger partial charge in [0.2, 0.25) is 0 Å². The highest BCUT2D eigenvalue weighted by Crippen LogP contribution is 2.30. The normalized spacial score (nSPS) is 18.4. The van der Waals surface area contributed by atoms with E-state index in [1.165, 1.54) is 12.0 Å². The smallest absolute Gasteiger partial charge is 0.331 e. The van der Waals surface area contributed by atoms with Crippen molar-refractivity contribution in [2.24, 2.45) is 5.92 Å². The lowest BCUT2D eigenvalue weighted by atomic mass is 9.91. The molecule has 0 aliphatic heterocycles. The molecule has 0 aromatic heterocycles. The van der Waals surface area contributed by atoms with Crippen LogP contribution in [0.25, 0.3) is 0 Å². The Hall–Kier alpha value is -1.09. The van der Waals surface area contributed by atoms with Crippen LogP contribution in [0.4, 0.5) is 0 Å². The summed E-state index contributed by atoms with van der Waals surface area (Å²) >= 11 is 0. The van der Waals surface area contributed by atoms with Gasteiger partial charge in [-0.05, 0) is 71.3 Å². The Bertz CT molecular complexity index is 418. The molecule has 126 valence electrons. The zero-order chi connectivity index (χ0) is 16.6. The van der Waals surface area contributed by atoms with E-state index < -0.39 is 0 Å². The van der Waals surface area contributed by atoms with Crippen molar-refractivity contribution in [3.8, 4) is 0 Å². The molecule has 0 saturated heterocycles. The second kappa shape index (κ2) is 9.14. The van der Waals surface area contributed by atoms with Gasteiger partial charge < -0.3 is 9.47 Å². The molecule has 3 heteroatoms. The number of carbonyl (C=O) groups is 1. The van der Waals surface area contributed by atoms with E-state index in [4.69, 9.17) is 9.47 Å². The maximum absolute atomic E-state index is 11.5. The molecule has 0 fully saturated rings. The van der Waals surface area contributed by atoms with Gasteiger partial charge in [-0.15, -0.1) is 0 Å². The Morgan fingerprint density at radius 2 is 2.05 bits per heavy atom. The highest BCUT2D eigenvalue weighted by molar-refractivity contribution is 5.83. The Kier molecular flexibility index (Phi) is 7.88. The van der Waals surface area contributed by atoms with Crippen molar-refractivity contribution < 1.29 is 14.3 Å². The van der Waals surface area contributed by atoms with E-state index in [0.29, 0.717) is 12.5 Å². The topological polar surface area (TPSA) is 35.5 Å². The molecule has 22 heavy (non-hydrogen) atoms. The van der Waals surface area contributed by atoms with Crippen molar-refractivity contribution in [2.45, 2.75) is 72.3 Å². The van der Waals surface area contributed by atoms with Crippen LogP contribution in [-0.4, -0.2) is 24.8 Å². The molecule has 0 saturated carbocycles. The first-order valence-corrected chi connectivity index (χ1v) is 8.57. The van der Waals surface area contributed by atoms with Crippen LogP contribution >= 0.6 is 0 Å². The second-order valence-corrected chi connectivity index (χ2v) is 6.81. The Morgan fingerprint density at radius 1 is 1.32 bits per heavy atom. The first-order chi connectivity index (χ1) is 10.4. The molecule has 0 amide bonds. The highest BCUT2D eigenvalue weighted by Gasteiger charge is 2.20. The first-order valence-electron chi connectivity index (χ1n) is 8.57. The van der Waals surface area contributed by atoms with Crippen molar-refractivity contribution in [3.05, 3.63) is 23.3 Å². The van der Waals surface area contributed by atoms with Crippen LogP contribution in [0.3, 0.4) is 0 Å². The molecule has 0 aromatic rings. The maximum atomic E-state index is 11.5. The summed E-state index contributed by atoms with van der Waals surface area (Å²) in [5, 5.41) is 0. The predicted molar refractivity (Wildman–Crippen MR) is 90.8 cm³/mol. The molecule has 0 radical (unpaired) electrons. The van der Waals surface area contributed by atoms with E-state index in [2.05, 4.69) is 26.8 Å². The van der Waals surface area contributed by atoms with Gasteiger partial charge in [0, 0.05) is 12.7 Å². The lowest BCUT2D eigenvalue weighted by Gasteiger charge is -2.26. The fourth-order valence-electron chi connectivity index (χ4n) is 2.93. The lowest BCUT2D eigenvalue weighted by Crippen LogP contribution is -2.25. The monoisotopic (exact) mass is 308 g/mol. The van der Waals surface area contributed by atoms with Crippen LogP contribution in [0.15, 0.2) is 23.3 Å². The molecule has 1 aliphatic carbocycles. The van der Waals surface area contributed by atoms with E-state index in [1.807, 2.05) is 13.8 Å². The summed E-state index contributed by atoms with van der Waals surface area (Å²) in [5.74, 6) is 0.425. The zero-order valence-electron chi connectivity index (χ0n) is 14.9. The minimum atomic E-state index is -0.221. The molecular formula is C19H32O3. The van der Waals surface area contributed by atoms with Crippen LogP contribution < -0.4 is 0 Å². The summed E-state index contributed by atoms with van der Waals surface area (Å²) in [7, 11) is 0. The third kappa shape index (κ3) is 7.26. The summed E-state index contributed by atoms with van der Waals surface area (Å²) < 4.78 is 10.7. The van der Waals surface area contributed by atoms with Gasteiger partial charge in [0.1, 0.15) is 0 Å². The van der Waals surface area contributed by atoms with Crippen LogP contribution in [0, 0.1) is 5.92 Å². The third-order valence-corrected chi connectivity index (χ3v) is 4.10. The number of rotatable bonds is 9. The number of esters is 1. The van der Waals surface area contributed by atoms with Gasteiger partial charge in [0.15, 0.2) is 0 Å². The van der Waals surface area contributed by atoms with Gasteiger partial charge in [-0.2, -0.15) is 0 Å². The van der Waals surface area contributed by atoms with Crippen molar-refractivity contribution in [1.29, 1.82) is 0 Å². The molecule has 0 bridgehead atoms. The van der Waals surface area contributed by atoms with Gasteiger partial charge in [-0.3, -0.25) is 0 Å². The molecule has 0 heterocycles. The first kappa shape index (κ1) is 19.0. The summed E-state index contributed by atoms with van der Waals surface area (Å²) in [4.78, 5) is 11.5. The Balaban J connectivity index is 2.42. The largest absolute Gasteiger partial charge is 0.463 e. The van der Waals surface area contributed by atoms with Crippen molar-refractivity contribution in [3.63, 3.8) is 0 Å². The minimum Gasteiger partial charge on any atom is -0.463 e. The molecule has 1 aliphatic rings. The number of ether oxygens (including phenoxy) is 2. The van der Waals surface area contributed by atoms with Crippen molar-refractivity contribution in [2.75, 3.05) is 13.2 Å². The molecule has 1 atom stereocenters. The van der Waals surface area contributed by atoms with Crippen LogP contribution in [0.1, 0.15) is 66.7 Å². The van der Waals surface area contributed by atoms with E-state index >= 15 is 0 Å². The zero-order valence-corrected chi connectivity index (χ0v) is 14.9. The van der Waals surface area contributed by atoms with Gasteiger partial charge in [-0.25, -0.2) is 4.79 Å². The average Bonchev–Trinajstić information content (AvgIpc) is 2.84. The van der Waals surface area contributed by atoms with Crippen molar-refractivity contribution in [1.82, 2.24) is 0 Å². The SMILES string of the molecule is CCOC(=O)/C=C1/C=C(CC(C)CCC(C)(C)OCC)CC1.